The van der Waals surface area contributed by atoms with E-state index < -0.39 is 0 Å². The van der Waals surface area contributed by atoms with E-state index in [1.807, 2.05) is 6.92 Å². The van der Waals surface area contributed by atoms with Gasteiger partial charge in [0.1, 0.15) is 0 Å². The summed E-state index contributed by atoms with van der Waals surface area (Å²) in [6, 6.07) is 8.74. The van der Waals surface area contributed by atoms with Crippen molar-refractivity contribution in [3.63, 3.8) is 0 Å². The van der Waals surface area contributed by atoms with Crippen LogP contribution in [0, 0.1) is 11.3 Å². The van der Waals surface area contributed by atoms with Crippen molar-refractivity contribution in [1.82, 2.24) is 0 Å². The smallest absolute Gasteiger partial charge is 0.0732 e. The first-order valence-electron chi connectivity index (χ1n) is 7.93. The Morgan fingerprint density at radius 2 is 1.77 bits per heavy atom. The van der Waals surface area contributed by atoms with Crippen LogP contribution in [-0.4, -0.2) is 5.71 Å². The van der Waals surface area contributed by atoms with E-state index in [1.165, 1.54) is 24.0 Å². The van der Waals surface area contributed by atoms with Gasteiger partial charge < -0.3 is 0 Å². The summed E-state index contributed by atoms with van der Waals surface area (Å²) in [6.45, 7) is 15.2. The van der Waals surface area contributed by atoms with Crippen LogP contribution in [0.2, 0.25) is 0 Å². The van der Waals surface area contributed by atoms with Crippen LogP contribution in [0.1, 0.15) is 70.6 Å². The average Bonchev–Trinajstić information content (AvgIpc) is 2.44. The Bertz CT molecular complexity index is 669. The molecule has 0 atom stereocenters. The first kappa shape index (κ1) is 16.5. The maximum absolute atomic E-state index is 8.74. The van der Waals surface area contributed by atoms with Crippen LogP contribution in [0.4, 0.5) is 0 Å². The van der Waals surface area contributed by atoms with Crippen molar-refractivity contribution in [3.8, 4) is 6.07 Å². The summed E-state index contributed by atoms with van der Waals surface area (Å²) in [6.07, 6.45) is 2.76. The van der Waals surface area contributed by atoms with Crippen molar-refractivity contribution in [3.05, 3.63) is 41.5 Å². The van der Waals surface area contributed by atoms with E-state index >= 15 is 0 Å². The monoisotopic (exact) mass is 294 g/mol. The van der Waals surface area contributed by atoms with Crippen LogP contribution in [-0.2, 0) is 10.8 Å². The van der Waals surface area contributed by atoms with Gasteiger partial charge in [-0.25, -0.2) is 0 Å². The van der Waals surface area contributed by atoms with E-state index in [1.54, 1.807) is 0 Å². The van der Waals surface area contributed by atoms with E-state index in [4.69, 9.17) is 5.26 Å². The van der Waals surface area contributed by atoms with Crippen molar-refractivity contribution < 1.29 is 0 Å². The summed E-state index contributed by atoms with van der Waals surface area (Å²) in [5, 5.41) is 8.74. The van der Waals surface area contributed by atoms with Gasteiger partial charge >= 0.3 is 0 Å². The fourth-order valence-electron chi connectivity index (χ4n) is 3.22. The maximum atomic E-state index is 8.74. The minimum atomic E-state index is 0.187. The molecule has 0 amide bonds. The number of rotatable bonds is 3. The lowest BCUT2D eigenvalue weighted by Crippen LogP contribution is -2.33. The van der Waals surface area contributed by atoms with E-state index in [-0.39, 0.29) is 10.8 Å². The average molecular weight is 294 g/mol. The van der Waals surface area contributed by atoms with Crippen molar-refractivity contribution in [2.75, 3.05) is 0 Å². The van der Waals surface area contributed by atoms with Gasteiger partial charge in [0.15, 0.2) is 0 Å². The van der Waals surface area contributed by atoms with Crippen molar-refractivity contribution in [1.29, 1.82) is 5.26 Å². The third-order valence-electron chi connectivity index (χ3n) is 4.85. The lowest BCUT2D eigenvalue weighted by molar-refractivity contribution is 0.332. The number of hydrogen-bond acceptors (Lipinski definition) is 2. The largest absolute Gasteiger partial charge is 0.257 e. The van der Waals surface area contributed by atoms with Crippen molar-refractivity contribution in [2.45, 2.75) is 64.7 Å². The van der Waals surface area contributed by atoms with E-state index in [0.717, 1.165) is 17.0 Å². The Morgan fingerprint density at radius 1 is 1.18 bits per heavy atom. The highest BCUT2D eigenvalue weighted by molar-refractivity contribution is 5.89. The summed E-state index contributed by atoms with van der Waals surface area (Å²) in [4.78, 5) is 4.47. The van der Waals surface area contributed by atoms with Crippen molar-refractivity contribution in [2.24, 2.45) is 4.99 Å². The van der Waals surface area contributed by atoms with Crippen LogP contribution in [0.25, 0.3) is 5.70 Å². The number of hydrogen-bond donors (Lipinski definition) is 0. The summed E-state index contributed by atoms with van der Waals surface area (Å²) in [5.41, 5.74) is 5.88. The minimum absolute atomic E-state index is 0.187. The molecule has 0 radical (unpaired) electrons. The van der Waals surface area contributed by atoms with Crippen LogP contribution in [0.3, 0.4) is 0 Å². The van der Waals surface area contributed by atoms with Gasteiger partial charge in [0, 0.05) is 5.71 Å². The third kappa shape index (κ3) is 3.14. The zero-order valence-corrected chi connectivity index (χ0v) is 14.5. The van der Waals surface area contributed by atoms with E-state index in [2.05, 4.69) is 63.5 Å². The minimum Gasteiger partial charge on any atom is -0.257 e. The molecule has 116 valence electrons. The Hall–Kier alpha value is -1.88. The molecule has 0 bridgehead atoms. The fourth-order valence-corrected chi connectivity index (χ4v) is 3.22. The molecule has 0 aliphatic heterocycles. The Kier molecular flexibility index (Phi) is 4.29. The number of fused-ring (bicyclic) bond motifs is 1. The predicted octanol–water partition coefficient (Wildman–Crippen LogP) is 5.38. The maximum Gasteiger partial charge on any atom is 0.0732 e. The second-order valence-corrected chi connectivity index (χ2v) is 7.66. The zero-order valence-electron chi connectivity index (χ0n) is 14.5. The molecule has 22 heavy (non-hydrogen) atoms. The Balaban J connectivity index is 2.45. The van der Waals surface area contributed by atoms with Gasteiger partial charge in [-0.1, -0.05) is 46.4 Å². The van der Waals surface area contributed by atoms with Crippen LogP contribution >= 0.6 is 0 Å². The molecule has 0 spiro atoms. The highest BCUT2D eigenvalue weighted by Gasteiger charge is 2.36. The standard InChI is InChI=1S/C20H26N2/c1-14(9-12-21)22-15(2)16-7-8-17-18(13-16)20(5,6)11-10-19(17,3)4/h7-8,13H,2,9-11H2,1,3-6H3. The summed E-state index contributed by atoms with van der Waals surface area (Å²) in [7, 11) is 0. The third-order valence-corrected chi connectivity index (χ3v) is 4.85. The quantitative estimate of drug-likeness (QED) is 0.689. The molecule has 2 rings (SSSR count). The number of nitriles is 1. The number of benzene rings is 1. The first-order chi connectivity index (χ1) is 10.2. The second kappa shape index (κ2) is 5.72. The summed E-state index contributed by atoms with van der Waals surface area (Å²) in [5.74, 6) is 0. The molecule has 1 aliphatic rings. The molecule has 1 aromatic carbocycles. The summed E-state index contributed by atoms with van der Waals surface area (Å²) >= 11 is 0. The van der Waals surface area contributed by atoms with Crippen molar-refractivity contribution >= 4 is 11.4 Å². The number of nitrogens with zero attached hydrogens (tertiary/aromatic N) is 2. The fraction of sp³-hybridized carbons (Fsp3) is 0.500. The van der Waals surface area contributed by atoms with Gasteiger partial charge in [0.25, 0.3) is 0 Å². The van der Waals surface area contributed by atoms with Gasteiger partial charge in [-0.05, 0) is 53.4 Å². The second-order valence-electron chi connectivity index (χ2n) is 7.66. The molecule has 0 saturated heterocycles. The van der Waals surface area contributed by atoms with Gasteiger partial charge in [0.2, 0.25) is 0 Å². The molecule has 1 aliphatic carbocycles. The number of aliphatic imine (C=N–C) groups is 1. The topological polar surface area (TPSA) is 36.1 Å². The Morgan fingerprint density at radius 3 is 2.36 bits per heavy atom. The SMILES string of the molecule is C=C(N=C(C)CC#N)c1ccc2c(c1)C(C)(C)CCC2(C)C. The van der Waals surface area contributed by atoms with E-state index in [9.17, 15) is 0 Å². The molecule has 0 N–H and O–H groups in total. The van der Waals surface area contributed by atoms with Gasteiger partial charge in [0.05, 0.1) is 18.2 Å². The lowest BCUT2D eigenvalue weighted by Gasteiger charge is -2.42. The highest BCUT2D eigenvalue weighted by atomic mass is 14.7. The summed E-state index contributed by atoms with van der Waals surface area (Å²) < 4.78 is 0. The zero-order chi connectivity index (χ0) is 16.5. The molecule has 0 saturated carbocycles. The van der Waals surface area contributed by atoms with Gasteiger partial charge in [-0.15, -0.1) is 0 Å². The molecule has 1 aromatic rings. The van der Waals surface area contributed by atoms with Crippen LogP contribution in [0.15, 0.2) is 29.8 Å². The molecule has 0 unspecified atom stereocenters. The van der Waals surface area contributed by atoms with E-state index in [0.29, 0.717) is 6.42 Å². The lowest BCUT2D eigenvalue weighted by atomic mass is 9.63. The molecule has 2 nitrogen and oxygen atoms in total. The van der Waals surface area contributed by atoms with Gasteiger partial charge in [-0.3, -0.25) is 4.99 Å². The molecular formula is C20H26N2. The molecular weight excluding hydrogens is 268 g/mol. The first-order valence-corrected chi connectivity index (χ1v) is 7.93. The van der Waals surface area contributed by atoms with Crippen LogP contribution < -0.4 is 0 Å². The molecule has 0 fully saturated rings. The van der Waals surface area contributed by atoms with Crippen LogP contribution in [0.5, 0.6) is 0 Å². The predicted molar refractivity (Wildman–Crippen MR) is 94.1 cm³/mol. The highest BCUT2D eigenvalue weighted by Crippen LogP contribution is 2.46. The molecule has 2 heteroatoms. The molecule has 0 aromatic heterocycles. The molecule has 0 heterocycles. The van der Waals surface area contributed by atoms with Gasteiger partial charge in [-0.2, -0.15) is 5.26 Å². The normalized spacial score (nSPS) is 19.2. The Labute approximate surface area is 134 Å².